The van der Waals surface area contributed by atoms with Gasteiger partial charge in [0.15, 0.2) is 5.96 Å². The molecule has 21 heavy (non-hydrogen) atoms. The van der Waals surface area contributed by atoms with Crippen LogP contribution in [0.1, 0.15) is 36.7 Å². The van der Waals surface area contributed by atoms with Gasteiger partial charge >= 0.3 is 0 Å². The zero-order chi connectivity index (χ0) is 15.2. The summed E-state index contributed by atoms with van der Waals surface area (Å²) in [5.41, 5.74) is 3.42. The van der Waals surface area contributed by atoms with Crippen LogP contribution in [0.25, 0.3) is 0 Å². The monoisotopic (exact) mass is 293 g/mol. The van der Waals surface area contributed by atoms with Gasteiger partial charge in [-0.05, 0) is 33.6 Å². The van der Waals surface area contributed by atoms with Crippen molar-refractivity contribution < 1.29 is 4.74 Å². The summed E-state index contributed by atoms with van der Waals surface area (Å²) in [5.74, 6) is 0.843. The Morgan fingerprint density at radius 2 is 2.24 bits per heavy atom. The molecule has 0 saturated carbocycles. The number of hydrogen-bond acceptors (Lipinski definition) is 3. The molecule has 0 amide bonds. The van der Waals surface area contributed by atoms with Gasteiger partial charge in [0.05, 0.1) is 18.3 Å². The number of guanidine groups is 1. The molecule has 0 spiro atoms. The van der Waals surface area contributed by atoms with Crippen LogP contribution in [0.15, 0.2) is 4.99 Å². The van der Waals surface area contributed by atoms with Gasteiger partial charge < -0.3 is 15.4 Å². The molecule has 1 saturated heterocycles. The molecule has 6 nitrogen and oxygen atoms in total. The first-order chi connectivity index (χ1) is 10.1. The number of hydrogen-bond donors (Lipinski definition) is 2. The number of nitrogens with one attached hydrogen (secondary N) is 2. The topological polar surface area (TPSA) is 63.5 Å². The summed E-state index contributed by atoms with van der Waals surface area (Å²) < 4.78 is 7.54. The molecule has 1 aliphatic rings. The van der Waals surface area contributed by atoms with Gasteiger partial charge in [-0.1, -0.05) is 0 Å². The predicted octanol–water partition coefficient (Wildman–Crippen LogP) is 1.27. The molecule has 1 aromatic heterocycles. The van der Waals surface area contributed by atoms with E-state index in [0.29, 0.717) is 12.6 Å². The van der Waals surface area contributed by atoms with Crippen molar-refractivity contribution in [1.29, 1.82) is 0 Å². The van der Waals surface area contributed by atoms with Crippen molar-refractivity contribution in [3.05, 3.63) is 17.0 Å². The lowest BCUT2D eigenvalue weighted by Crippen LogP contribution is -2.41. The van der Waals surface area contributed by atoms with Gasteiger partial charge in [-0.2, -0.15) is 5.10 Å². The highest BCUT2D eigenvalue weighted by Gasteiger charge is 2.15. The summed E-state index contributed by atoms with van der Waals surface area (Å²) in [4.78, 5) is 4.67. The lowest BCUT2D eigenvalue weighted by molar-refractivity contribution is 0.114. The Hall–Kier alpha value is -1.56. The summed E-state index contributed by atoms with van der Waals surface area (Å²) >= 11 is 0. The third-order valence-electron chi connectivity index (χ3n) is 3.92. The number of nitrogens with zero attached hydrogens (tertiary/aromatic N) is 3. The highest BCUT2D eigenvalue weighted by Crippen LogP contribution is 2.13. The molecule has 1 aromatic rings. The van der Waals surface area contributed by atoms with Gasteiger partial charge in [-0.25, -0.2) is 4.99 Å². The van der Waals surface area contributed by atoms with Gasteiger partial charge in [0.25, 0.3) is 0 Å². The van der Waals surface area contributed by atoms with Crippen LogP contribution in [-0.4, -0.2) is 41.5 Å². The van der Waals surface area contributed by atoms with Crippen LogP contribution < -0.4 is 10.6 Å². The first-order valence-electron chi connectivity index (χ1n) is 7.74. The lowest BCUT2D eigenvalue weighted by Gasteiger charge is -2.14. The van der Waals surface area contributed by atoms with E-state index in [1.165, 1.54) is 11.3 Å². The van der Waals surface area contributed by atoms with E-state index in [2.05, 4.69) is 34.6 Å². The zero-order valence-corrected chi connectivity index (χ0v) is 13.6. The minimum atomic E-state index is 0.315. The molecule has 2 rings (SSSR count). The van der Waals surface area contributed by atoms with E-state index < -0.39 is 0 Å². The molecule has 1 atom stereocenters. The molecular formula is C15H27N5O. The van der Waals surface area contributed by atoms with Crippen LogP contribution in [-0.2, 0) is 18.3 Å². The first-order valence-corrected chi connectivity index (χ1v) is 7.74. The van der Waals surface area contributed by atoms with Gasteiger partial charge in [-0.3, -0.25) is 4.68 Å². The van der Waals surface area contributed by atoms with Crippen LogP contribution in [0.2, 0.25) is 0 Å². The number of ether oxygens (including phenoxy) is 1. The second-order valence-electron chi connectivity index (χ2n) is 5.48. The number of aryl methyl sites for hydroxylation is 2. The van der Waals surface area contributed by atoms with Crippen molar-refractivity contribution in [3.63, 3.8) is 0 Å². The molecule has 0 aromatic carbocycles. The second kappa shape index (κ2) is 7.45. The van der Waals surface area contributed by atoms with Crippen molar-refractivity contribution in [2.24, 2.45) is 12.0 Å². The van der Waals surface area contributed by atoms with Crippen molar-refractivity contribution >= 4 is 5.96 Å². The van der Waals surface area contributed by atoms with Gasteiger partial charge in [0.2, 0.25) is 0 Å². The maximum atomic E-state index is 5.63. The SMILES string of the molecule is CCNC(=NCc1c(C)nn(C)c1C)NCC1CCCO1. The number of aliphatic imine (C=N–C) groups is 1. The van der Waals surface area contributed by atoms with E-state index in [1.54, 1.807) is 0 Å². The first kappa shape index (κ1) is 15.8. The average Bonchev–Trinajstić information content (AvgIpc) is 3.04. The molecule has 6 heteroatoms. The smallest absolute Gasteiger partial charge is 0.191 e. The fourth-order valence-electron chi connectivity index (χ4n) is 2.56. The minimum absolute atomic E-state index is 0.315. The molecule has 0 aliphatic carbocycles. The Morgan fingerprint density at radius 1 is 1.43 bits per heavy atom. The summed E-state index contributed by atoms with van der Waals surface area (Å²) in [7, 11) is 1.97. The maximum Gasteiger partial charge on any atom is 0.191 e. The number of aromatic nitrogens is 2. The zero-order valence-electron chi connectivity index (χ0n) is 13.6. The van der Waals surface area contributed by atoms with E-state index in [0.717, 1.165) is 44.2 Å². The Labute approximate surface area is 127 Å². The summed E-state index contributed by atoms with van der Waals surface area (Å²) in [6, 6.07) is 0. The standard InChI is InChI=1S/C15H27N5O/c1-5-16-15(17-9-13-7-6-8-21-13)18-10-14-11(2)19-20(4)12(14)3/h13H,5-10H2,1-4H3,(H2,16,17,18). The third-order valence-corrected chi connectivity index (χ3v) is 3.92. The molecule has 0 radical (unpaired) electrons. The fraction of sp³-hybridized carbons (Fsp3) is 0.733. The molecule has 2 N–H and O–H groups in total. The van der Waals surface area contributed by atoms with Crippen LogP contribution in [0.4, 0.5) is 0 Å². The largest absolute Gasteiger partial charge is 0.376 e. The highest BCUT2D eigenvalue weighted by molar-refractivity contribution is 5.79. The third kappa shape index (κ3) is 4.20. The average molecular weight is 293 g/mol. The second-order valence-corrected chi connectivity index (χ2v) is 5.48. The highest BCUT2D eigenvalue weighted by atomic mass is 16.5. The van der Waals surface area contributed by atoms with Crippen LogP contribution in [0.5, 0.6) is 0 Å². The van der Waals surface area contributed by atoms with Crippen LogP contribution >= 0.6 is 0 Å². The van der Waals surface area contributed by atoms with E-state index in [4.69, 9.17) is 4.74 Å². The molecule has 1 aliphatic heterocycles. The molecule has 118 valence electrons. The van der Waals surface area contributed by atoms with Crippen LogP contribution in [0.3, 0.4) is 0 Å². The van der Waals surface area contributed by atoms with Gasteiger partial charge in [0.1, 0.15) is 0 Å². The Balaban J connectivity index is 1.95. The van der Waals surface area contributed by atoms with E-state index in [-0.39, 0.29) is 0 Å². The Morgan fingerprint density at radius 3 is 2.81 bits per heavy atom. The summed E-state index contributed by atoms with van der Waals surface area (Å²) in [5, 5.41) is 11.1. The Kier molecular flexibility index (Phi) is 5.61. The van der Waals surface area contributed by atoms with Crippen molar-refractivity contribution in [3.8, 4) is 0 Å². The molecule has 2 heterocycles. The van der Waals surface area contributed by atoms with Gasteiger partial charge in [-0.15, -0.1) is 0 Å². The predicted molar refractivity (Wildman–Crippen MR) is 84.5 cm³/mol. The minimum Gasteiger partial charge on any atom is -0.376 e. The van der Waals surface area contributed by atoms with Crippen molar-refractivity contribution in [2.75, 3.05) is 19.7 Å². The molecule has 1 unspecified atom stereocenters. The fourth-order valence-corrected chi connectivity index (χ4v) is 2.56. The van der Waals surface area contributed by atoms with E-state index in [1.807, 2.05) is 18.7 Å². The van der Waals surface area contributed by atoms with E-state index in [9.17, 15) is 0 Å². The summed E-state index contributed by atoms with van der Waals surface area (Å²) in [6.07, 6.45) is 2.61. The van der Waals surface area contributed by atoms with Crippen LogP contribution in [0, 0.1) is 13.8 Å². The molecule has 1 fully saturated rings. The molecule has 0 bridgehead atoms. The Bertz CT molecular complexity index is 488. The normalized spacial score (nSPS) is 19.0. The van der Waals surface area contributed by atoms with Crippen molar-refractivity contribution in [1.82, 2.24) is 20.4 Å². The number of rotatable bonds is 5. The van der Waals surface area contributed by atoms with Crippen molar-refractivity contribution in [2.45, 2.75) is 46.3 Å². The summed E-state index contributed by atoms with van der Waals surface area (Å²) in [6.45, 7) is 9.38. The maximum absolute atomic E-state index is 5.63. The lowest BCUT2D eigenvalue weighted by atomic mass is 10.2. The van der Waals surface area contributed by atoms with Gasteiger partial charge in [0, 0.05) is 38.0 Å². The molecular weight excluding hydrogens is 266 g/mol. The quantitative estimate of drug-likeness (QED) is 0.634. The van der Waals surface area contributed by atoms with E-state index >= 15 is 0 Å².